The Labute approximate surface area is 110 Å². The number of nitrogens with zero attached hydrogens (tertiary/aromatic N) is 1. The molecular weight excluding hydrogens is 247 g/mol. The molecule has 0 aliphatic heterocycles. The van der Waals surface area contributed by atoms with Crippen molar-refractivity contribution in [3.63, 3.8) is 0 Å². The molecule has 1 atom stereocenters. The Morgan fingerprint density at radius 2 is 2.28 bits per heavy atom. The van der Waals surface area contributed by atoms with Crippen molar-refractivity contribution in [2.24, 2.45) is 0 Å². The standard InChI is InChI=1S/C14H15FN2S/c1-9-8-10(15)2-5-12(9)13(17-11-3-4-11)14-16-6-7-18-14/h2,5-8,11,13,17H,3-4H2,1H3. The molecule has 1 saturated carbocycles. The third-order valence-electron chi connectivity index (χ3n) is 3.22. The minimum atomic E-state index is -0.180. The van der Waals surface area contributed by atoms with Crippen LogP contribution in [0.1, 0.15) is 35.0 Å². The average Bonchev–Trinajstić information content (AvgIpc) is 3.00. The maximum atomic E-state index is 13.2. The summed E-state index contributed by atoms with van der Waals surface area (Å²) in [6.07, 6.45) is 4.27. The molecule has 2 nitrogen and oxygen atoms in total. The van der Waals surface area contributed by atoms with Crippen LogP contribution in [0.2, 0.25) is 0 Å². The van der Waals surface area contributed by atoms with Crippen LogP contribution in [0.3, 0.4) is 0 Å². The Bertz CT molecular complexity index is 535. The van der Waals surface area contributed by atoms with Crippen molar-refractivity contribution in [1.82, 2.24) is 10.3 Å². The normalized spacial score (nSPS) is 16.8. The zero-order chi connectivity index (χ0) is 12.5. The summed E-state index contributed by atoms with van der Waals surface area (Å²) >= 11 is 1.64. The van der Waals surface area contributed by atoms with Crippen LogP contribution in [0.4, 0.5) is 4.39 Å². The molecule has 0 radical (unpaired) electrons. The van der Waals surface area contributed by atoms with Crippen LogP contribution < -0.4 is 5.32 Å². The van der Waals surface area contributed by atoms with E-state index in [1.807, 2.05) is 24.6 Å². The fourth-order valence-corrected chi connectivity index (χ4v) is 2.83. The number of thiazole rings is 1. The highest BCUT2D eigenvalue weighted by Gasteiger charge is 2.28. The van der Waals surface area contributed by atoms with E-state index in [9.17, 15) is 4.39 Å². The molecule has 0 amide bonds. The third kappa shape index (κ3) is 2.44. The summed E-state index contributed by atoms with van der Waals surface area (Å²) in [6.45, 7) is 1.95. The van der Waals surface area contributed by atoms with Gasteiger partial charge in [0.25, 0.3) is 0 Å². The summed E-state index contributed by atoms with van der Waals surface area (Å²) < 4.78 is 13.2. The van der Waals surface area contributed by atoms with E-state index in [0.717, 1.165) is 16.1 Å². The zero-order valence-corrected chi connectivity index (χ0v) is 11.0. The van der Waals surface area contributed by atoms with Crippen LogP contribution in [0.15, 0.2) is 29.8 Å². The van der Waals surface area contributed by atoms with Gasteiger partial charge in [-0.15, -0.1) is 11.3 Å². The van der Waals surface area contributed by atoms with E-state index in [2.05, 4.69) is 10.3 Å². The van der Waals surface area contributed by atoms with Crippen LogP contribution in [-0.4, -0.2) is 11.0 Å². The molecule has 4 heteroatoms. The molecule has 1 N–H and O–H groups in total. The molecule has 0 saturated heterocycles. The Morgan fingerprint density at radius 3 is 2.89 bits per heavy atom. The van der Waals surface area contributed by atoms with Gasteiger partial charge in [0.2, 0.25) is 0 Å². The Balaban J connectivity index is 1.96. The summed E-state index contributed by atoms with van der Waals surface area (Å²) in [5.41, 5.74) is 2.10. The van der Waals surface area contributed by atoms with Crippen LogP contribution >= 0.6 is 11.3 Å². The molecule has 1 fully saturated rings. The second-order valence-corrected chi connectivity index (χ2v) is 5.67. The van der Waals surface area contributed by atoms with E-state index in [1.54, 1.807) is 17.4 Å². The number of benzene rings is 1. The van der Waals surface area contributed by atoms with Crippen molar-refractivity contribution < 1.29 is 4.39 Å². The van der Waals surface area contributed by atoms with Crippen molar-refractivity contribution in [3.05, 3.63) is 51.7 Å². The highest BCUT2D eigenvalue weighted by atomic mass is 32.1. The van der Waals surface area contributed by atoms with E-state index in [-0.39, 0.29) is 11.9 Å². The lowest BCUT2D eigenvalue weighted by atomic mass is 10.0. The van der Waals surface area contributed by atoms with Gasteiger partial charge in [0.1, 0.15) is 10.8 Å². The lowest BCUT2D eigenvalue weighted by Gasteiger charge is -2.19. The maximum absolute atomic E-state index is 13.2. The number of hydrogen-bond donors (Lipinski definition) is 1. The molecule has 1 aromatic heterocycles. The SMILES string of the molecule is Cc1cc(F)ccc1C(NC1CC1)c1nccs1. The molecule has 94 valence electrons. The van der Waals surface area contributed by atoms with Gasteiger partial charge in [-0.25, -0.2) is 9.37 Å². The van der Waals surface area contributed by atoms with Gasteiger partial charge in [-0.3, -0.25) is 0 Å². The van der Waals surface area contributed by atoms with Gasteiger partial charge in [-0.05, 0) is 43.0 Å². The predicted molar refractivity (Wildman–Crippen MR) is 71.3 cm³/mol. The fraction of sp³-hybridized carbons (Fsp3) is 0.357. The summed E-state index contributed by atoms with van der Waals surface area (Å²) in [7, 11) is 0. The molecule has 0 spiro atoms. The summed E-state index contributed by atoms with van der Waals surface area (Å²) in [5.74, 6) is -0.180. The first-order valence-electron chi connectivity index (χ1n) is 6.15. The second kappa shape index (κ2) is 4.78. The maximum Gasteiger partial charge on any atom is 0.123 e. The first kappa shape index (κ1) is 11.8. The zero-order valence-electron chi connectivity index (χ0n) is 10.2. The van der Waals surface area contributed by atoms with Crippen LogP contribution in [0.25, 0.3) is 0 Å². The first-order chi connectivity index (χ1) is 8.74. The predicted octanol–water partition coefficient (Wildman–Crippen LogP) is 3.43. The number of halogens is 1. The fourth-order valence-electron chi connectivity index (χ4n) is 2.12. The highest BCUT2D eigenvalue weighted by molar-refractivity contribution is 7.09. The van der Waals surface area contributed by atoms with Crippen molar-refractivity contribution in [1.29, 1.82) is 0 Å². The van der Waals surface area contributed by atoms with Crippen molar-refractivity contribution >= 4 is 11.3 Å². The van der Waals surface area contributed by atoms with E-state index in [0.29, 0.717) is 6.04 Å². The lowest BCUT2D eigenvalue weighted by molar-refractivity contribution is 0.589. The lowest BCUT2D eigenvalue weighted by Crippen LogP contribution is -2.25. The third-order valence-corrected chi connectivity index (χ3v) is 4.06. The van der Waals surface area contributed by atoms with Gasteiger partial charge >= 0.3 is 0 Å². The largest absolute Gasteiger partial charge is 0.301 e. The van der Waals surface area contributed by atoms with Crippen LogP contribution in [-0.2, 0) is 0 Å². The van der Waals surface area contributed by atoms with E-state index < -0.39 is 0 Å². The minimum Gasteiger partial charge on any atom is -0.301 e. The monoisotopic (exact) mass is 262 g/mol. The topological polar surface area (TPSA) is 24.9 Å². The van der Waals surface area contributed by atoms with Gasteiger partial charge in [0.15, 0.2) is 0 Å². The first-order valence-corrected chi connectivity index (χ1v) is 7.03. The molecule has 18 heavy (non-hydrogen) atoms. The molecule has 1 unspecified atom stereocenters. The quantitative estimate of drug-likeness (QED) is 0.913. The summed E-state index contributed by atoms with van der Waals surface area (Å²) in [6, 6.07) is 5.66. The number of hydrogen-bond acceptors (Lipinski definition) is 3. The second-order valence-electron chi connectivity index (χ2n) is 4.75. The number of rotatable bonds is 4. The van der Waals surface area contributed by atoms with Gasteiger partial charge in [-0.2, -0.15) is 0 Å². The molecule has 1 aliphatic rings. The summed E-state index contributed by atoms with van der Waals surface area (Å²) in [4.78, 5) is 4.40. The molecule has 1 aromatic carbocycles. The van der Waals surface area contributed by atoms with Gasteiger partial charge in [0.05, 0.1) is 6.04 Å². The number of nitrogens with one attached hydrogen (secondary N) is 1. The van der Waals surface area contributed by atoms with E-state index in [1.165, 1.54) is 18.9 Å². The Kier molecular flexibility index (Phi) is 3.14. The van der Waals surface area contributed by atoms with Gasteiger partial charge < -0.3 is 5.32 Å². The molecule has 1 heterocycles. The molecular formula is C14H15FN2S. The van der Waals surface area contributed by atoms with E-state index >= 15 is 0 Å². The highest BCUT2D eigenvalue weighted by Crippen LogP contribution is 2.31. The smallest absolute Gasteiger partial charge is 0.123 e. The summed E-state index contributed by atoms with van der Waals surface area (Å²) in [5, 5.41) is 6.63. The number of aromatic nitrogens is 1. The van der Waals surface area contributed by atoms with Gasteiger partial charge in [0, 0.05) is 17.6 Å². The minimum absolute atomic E-state index is 0.0955. The van der Waals surface area contributed by atoms with Crippen molar-refractivity contribution in [3.8, 4) is 0 Å². The Morgan fingerprint density at radius 1 is 1.44 bits per heavy atom. The number of aryl methyl sites for hydroxylation is 1. The van der Waals surface area contributed by atoms with Crippen molar-refractivity contribution in [2.75, 3.05) is 0 Å². The molecule has 2 aromatic rings. The molecule has 3 rings (SSSR count). The van der Waals surface area contributed by atoms with Gasteiger partial charge in [-0.1, -0.05) is 6.07 Å². The molecule has 1 aliphatic carbocycles. The average molecular weight is 262 g/mol. The molecule has 0 bridgehead atoms. The van der Waals surface area contributed by atoms with Crippen molar-refractivity contribution in [2.45, 2.75) is 31.8 Å². The van der Waals surface area contributed by atoms with Crippen LogP contribution in [0, 0.1) is 12.7 Å². The Hall–Kier alpha value is -1.26. The van der Waals surface area contributed by atoms with Crippen LogP contribution in [0.5, 0.6) is 0 Å². The van der Waals surface area contributed by atoms with E-state index in [4.69, 9.17) is 0 Å².